The van der Waals surface area contributed by atoms with E-state index in [0.717, 1.165) is 11.3 Å². The summed E-state index contributed by atoms with van der Waals surface area (Å²) < 4.78 is 5.38. The van der Waals surface area contributed by atoms with Crippen LogP contribution in [0.4, 0.5) is 0 Å². The highest BCUT2D eigenvalue weighted by molar-refractivity contribution is 7.99. The van der Waals surface area contributed by atoms with Crippen molar-refractivity contribution >= 4 is 28.8 Å². The summed E-state index contributed by atoms with van der Waals surface area (Å²) in [6, 6.07) is 7.35. The maximum absolute atomic E-state index is 12.2. The number of fused-ring (bicyclic) bond motifs is 1. The number of hydrogen-bond acceptors (Lipinski definition) is 5. The molecule has 1 aromatic heterocycles. The zero-order chi connectivity index (χ0) is 15.9. The van der Waals surface area contributed by atoms with Crippen molar-refractivity contribution in [2.24, 2.45) is 0 Å². The Bertz CT molecular complexity index is 884. The van der Waals surface area contributed by atoms with Crippen molar-refractivity contribution in [3.8, 4) is 23.7 Å². The molecule has 0 N–H and O–H groups in total. The molecule has 5 heteroatoms. The van der Waals surface area contributed by atoms with Gasteiger partial charge in [-0.2, -0.15) is 0 Å². The van der Waals surface area contributed by atoms with E-state index in [1.807, 2.05) is 18.2 Å². The van der Waals surface area contributed by atoms with Crippen LogP contribution in [0.15, 0.2) is 42.6 Å². The number of rotatable bonds is 2. The van der Waals surface area contributed by atoms with Gasteiger partial charge in [-0.3, -0.25) is 4.98 Å². The molecule has 1 atom stereocenters. The summed E-state index contributed by atoms with van der Waals surface area (Å²) in [5.41, 5.74) is 1.54. The van der Waals surface area contributed by atoms with Crippen LogP contribution in [0.5, 0.6) is 0 Å². The van der Waals surface area contributed by atoms with Crippen molar-refractivity contribution < 1.29 is 9.53 Å². The molecule has 112 valence electrons. The molecule has 1 aromatic carbocycles. The molecule has 0 saturated heterocycles. The fourth-order valence-corrected chi connectivity index (χ4v) is 2.35. The van der Waals surface area contributed by atoms with Crippen LogP contribution in [-0.4, -0.2) is 33.5 Å². The van der Waals surface area contributed by atoms with E-state index in [-0.39, 0.29) is 5.69 Å². The fourth-order valence-electron chi connectivity index (χ4n) is 1.88. The van der Waals surface area contributed by atoms with E-state index in [1.54, 1.807) is 30.0 Å². The SMILES string of the molecule is O=C(OC1C#CCSCC#CC=C1)c1cnc2ccccc2n1. The number of ether oxygens (including phenoxy) is 1. The van der Waals surface area contributed by atoms with E-state index in [0.29, 0.717) is 11.3 Å². The van der Waals surface area contributed by atoms with Gasteiger partial charge in [-0.05, 0) is 24.3 Å². The van der Waals surface area contributed by atoms with Crippen LogP contribution in [0, 0.1) is 23.7 Å². The molecule has 1 unspecified atom stereocenters. The molecule has 0 fully saturated rings. The van der Waals surface area contributed by atoms with Gasteiger partial charge in [-0.15, -0.1) is 11.8 Å². The summed E-state index contributed by atoms with van der Waals surface area (Å²) in [4.78, 5) is 20.7. The monoisotopic (exact) mass is 320 g/mol. The average molecular weight is 320 g/mol. The van der Waals surface area contributed by atoms with Gasteiger partial charge in [0.1, 0.15) is 0 Å². The summed E-state index contributed by atoms with van der Waals surface area (Å²) >= 11 is 1.63. The van der Waals surface area contributed by atoms with Crippen LogP contribution in [0.1, 0.15) is 10.5 Å². The minimum atomic E-state index is -0.635. The van der Waals surface area contributed by atoms with Crippen LogP contribution >= 0.6 is 11.8 Å². The Balaban J connectivity index is 1.79. The van der Waals surface area contributed by atoms with Gasteiger partial charge < -0.3 is 4.74 Å². The van der Waals surface area contributed by atoms with Crippen molar-refractivity contribution in [2.75, 3.05) is 11.5 Å². The lowest BCUT2D eigenvalue weighted by molar-refractivity contribution is 0.0468. The number of esters is 1. The van der Waals surface area contributed by atoms with Gasteiger partial charge in [0.2, 0.25) is 0 Å². The Morgan fingerprint density at radius 2 is 2.04 bits per heavy atom. The van der Waals surface area contributed by atoms with Gasteiger partial charge >= 0.3 is 5.97 Å². The predicted octanol–water partition coefficient (Wildman–Crippen LogP) is 2.47. The minimum absolute atomic E-state index is 0.163. The Labute approximate surface area is 138 Å². The van der Waals surface area contributed by atoms with Gasteiger partial charge in [0.05, 0.1) is 28.7 Å². The molecular weight excluding hydrogens is 308 g/mol. The number of aromatic nitrogens is 2. The predicted molar refractivity (Wildman–Crippen MR) is 90.8 cm³/mol. The zero-order valence-electron chi connectivity index (χ0n) is 12.2. The minimum Gasteiger partial charge on any atom is -0.440 e. The maximum atomic E-state index is 12.2. The van der Waals surface area contributed by atoms with Crippen molar-refractivity contribution in [1.29, 1.82) is 0 Å². The molecule has 3 rings (SSSR count). The van der Waals surface area contributed by atoms with Crippen molar-refractivity contribution in [3.63, 3.8) is 0 Å². The van der Waals surface area contributed by atoms with Gasteiger partial charge in [-0.25, -0.2) is 9.78 Å². The Kier molecular flexibility index (Phi) is 4.93. The first-order valence-electron chi connectivity index (χ1n) is 6.97. The number of hydrogen-bond donors (Lipinski definition) is 0. The molecule has 1 aliphatic rings. The molecular formula is C18H12N2O2S. The van der Waals surface area contributed by atoms with Crippen LogP contribution in [0.3, 0.4) is 0 Å². The third-order valence-electron chi connectivity index (χ3n) is 2.94. The molecule has 1 aliphatic heterocycles. The molecule has 4 nitrogen and oxygen atoms in total. The van der Waals surface area contributed by atoms with Crippen molar-refractivity contribution in [1.82, 2.24) is 9.97 Å². The third-order valence-corrected chi connectivity index (χ3v) is 3.64. The molecule has 0 amide bonds. The van der Waals surface area contributed by atoms with E-state index >= 15 is 0 Å². The highest BCUT2D eigenvalue weighted by atomic mass is 32.2. The van der Waals surface area contributed by atoms with Crippen LogP contribution in [-0.2, 0) is 4.74 Å². The summed E-state index contributed by atoms with van der Waals surface area (Å²) in [6.07, 6.45) is 4.11. The second-order valence-corrected chi connectivity index (χ2v) is 5.55. The number of para-hydroxylation sites is 2. The lowest BCUT2D eigenvalue weighted by Gasteiger charge is -2.08. The highest BCUT2D eigenvalue weighted by Gasteiger charge is 2.14. The highest BCUT2D eigenvalue weighted by Crippen LogP contribution is 2.10. The van der Waals surface area contributed by atoms with E-state index in [2.05, 4.69) is 33.6 Å². The van der Waals surface area contributed by atoms with Crippen LogP contribution in [0.2, 0.25) is 0 Å². The van der Waals surface area contributed by atoms with E-state index < -0.39 is 12.1 Å². The first-order valence-corrected chi connectivity index (χ1v) is 8.12. The largest absolute Gasteiger partial charge is 0.440 e. The summed E-state index contributed by atoms with van der Waals surface area (Å²) in [6.45, 7) is 0. The van der Waals surface area contributed by atoms with Gasteiger partial charge in [0.25, 0.3) is 0 Å². The Morgan fingerprint density at radius 3 is 2.96 bits per heavy atom. The number of thioether (sulfide) groups is 1. The molecule has 0 saturated carbocycles. The summed E-state index contributed by atoms with van der Waals surface area (Å²) in [5, 5.41) is 0. The zero-order valence-corrected chi connectivity index (χ0v) is 13.0. The van der Waals surface area contributed by atoms with Crippen LogP contribution < -0.4 is 0 Å². The van der Waals surface area contributed by atoms with E-state index in [4.69, 9.17) is 4.74 Å². The number of allylic oxidation sites excluding steroid dienone is 1. The summed E-state index contributed by atoms with van der Waals surface area (Å²) in [5.74, 6) is 12.6. The lowest BCUT2D eigenvalue weighted by atomic mass is 10.3. The third kappa shape index (κ3) is 4.12. The Morgan fingerprint density at radius 1 is 1.22 bits per heavy atom. The molecule has 2 aromatic rings. The lowest BCUT2D eigenvalue weighted by Crippen LogP contribution is -2.16. The van der Waals surface area contributed by atoms with Gasteiger partial charge in [0.15, 0.2) is 11.8 Å². The standard InChI is InChI=1S/C18H12N2O2S/c21-18(17-13-19-15-9-3-4-10-16(15)20-17)22-14-7-2-1-5-11-23-12-6-8-14/h2-4,7,9-10,13-14H,11-12H2. The molecule has 23 heavy (non-hydrogen) atoms. The van der Waals surface area contributed by atoms with Gasteiger partial charge in [0, 0.05) is 0 Å². The molecule has 2 heterocycles. The summed E-state index contributed by atoms with van der Waals surface area (Å²) in [7, 11) is 0. The van der Waals surface area contributed by atoms with E-state index in [1.165, 1.54) is 6.20 Å². The number of nitrogens with zero attached hydrogens (tertiary/aromatic N) is 2. The maximum Gasteiger partial charge on any atom is 0.360 e. The number of carbonyl (C=O) groups is 1. The fraction of sp³-hybridized carbons (Fsp3) is 0.167. The first kappa shape index (κ1) is 15.1. The molecule has 0 bridgehead atoms. The molecule has 0 aliphatic carbocycles. The smallest absolute Gasteiger partial charge is 0.360 e. The quantitative estimate of drug-likeness (QED) is 0.628. The van der Waals surface area contributed by atoms with Crippen molar-refractivity contribution in [3.05, 3.63) is 48.3 Å². The molecule has 0 radical (unpaired) electrons. The average Bonchev–Trinajstić information content (AvgIpc) is 2.60. The number of carbonyl (C=O) groups excluding carboxylic acids is 1. The second-order valence-electron chi connectivity index (χ2n) is 4.56. The first-order chi connectivity index (χ1) is 11.3. The van der Waals surface area contributed by atoms with E-state index in [9.17, 15) is 4.79 Å². The normalized spacial score (nSPS) is 16.6. The number of benzene rings is 1. The Hall–Kier alpha value is -2.76. The van der Waals surface area contributed by atoms with Gasteiger partial charge in [-0.1, -0.05) is 35.8 Å². The molecule has 0 spiro atoms. The van der Waals surface area contributed by atoms with Crippen molar-refractivity contribution in [2.45, 2.75) is 6.10 Å². The topological polar surface area (TPSA) is 52.1 Å². The van der Waals surface area contributed by atoms with Crippen LogP contribution in [0.25, 0.3) is 11.0 Å². The second kappa shape index (κ2) is 7.49.